The first-order valence-corrected chi connectivity index (χ1v) is 10.0. The van der Waals surface area contributed by atoms with Gasteiger partial charge in [-0.1, -0.05) is 39.0 Å². The van der Waals surface area contributed by atoms with Gasteiger partial charge in [-0.15, -0.1) is 0 Å². The highest BCUT2D eigenvalue weighted by Crippen LogP contribution is 2.22. The number of hydrogen-bond donors (Lipinski definition) is 0. The van der Waals surface area contributed by atoms with E-state index in [1.165, 1.54) is 25.7 Å². The summed E-state index contributed by atoms with van der Waals surface area (Å²) in [7, 11) is 0. The van der Waals surface area contributed by atoms with Gasteiger partial charge in [0.05, 0.1) is 18.0 Å². The summed E-state index contributed by atoms with van der Waals surface area (Å²) in [6, 6.07) is 14.8. The quantitative estimate of drug-likeness (QED) is 0.223. The number of unbranched alkanes of at least 4 members (excludes halogenated alkanes) is 5. The van der Waals surface area contributed by atoms with Crippen LogP contribution in [-0.4, -0.2) is 12.4 Å². The number of ketones is 1. The van der Waals surface area contributed by atoms with E-state index in [0.29, 0.717) is 13.0 Å². The lowest BCUT2D eigenvalue weighted by Crippen LogP contribution is -1.98. The van der Waals surface area contributed by atoms with Crippen molar-refractivity contribution in [3.8, 4) is 5.75 Å². The Kier molecular flexibility index (Phi) is 9.25. The first kappa shape index (κ1) is 20.8. The molecule has 0 amide bonds. The molecule has 0 unspecified atom stereocenters. The maximum Gasteiger partial charge on any atom is 0.162 e. The zero-order valence-electron chi connectivity index (χ0n) is 16.5. The summed E-state index contributed by atoms with van der Waals surface area (Å²) in [5.74, 6) is 1.03. The molecule has 0 fully saturated rings. The van der Waals surface area contributed by atoms with Crippen LogP contribution in [0.25, 0.3) is 0 Å². The highest BCUT2D eigenvalue weighted by atomic mass is 16.5. The van der Waals surface area contributed by atoms with Crippen LogP contribution >= 0.6 is 0 Å². The number of carbonyl (C=O) groups excluding carboxylic acids is 1. The first-order valence-electron chi connectivity index (χ1n) is 10.0. The normalized spacial score (nSPS) is 11.0. The van der Waals surface area contributed by atoms with Crippen LogP contribution < -0.4 is 4.74 Å². The van der Waals surface area contributed by atoms with Gasteiger partial charge in [0.25, 0.3) is 0 Å². The average Bonchev–Trinajstić information content (AvgIpc) is 2.70. The number of Topliss-reactive ketones (excluding diaryl/α,β-unsaturated/α-hetero) is 1. The van der Waals surface area contributed by atoms with Gasteiger partial charge in [0.15, 0.2) is 5.78 Å². The molecule has 144 valence electrons. The zero-order valence-corrected chi connectivity index (χ0v) is 16.5. The Bertz CT molecular complexity index is 706. The Morgan fingerprint density at radius 2 is 1.33 bits per heavy atom. The summed E-state index contributed by atoms with van der Waals surface area (Å²) in [5, 5.41) is 8.45. The minimum atomic E-state index is 0.209. The number of hydrogen-bond acceptors (Lipinski definition) is 4. The number of ether oxygens (including phenoxy) is 1. The van der Waals surface area contributed by atoms with Crippen LogP contribution in [0.5, 0.6) is 5.75 Å². The average molecular weight is 367 g/mol. The summed E-state index contributed by atoms with van der Waals surface area (Å²) in [5.41, 5.74) is 2.25. The highest BCUT2D eigenvalue weighted by molar-refractivity contribution is 5.96. The molecule has 0 aromatic heterocycles. The van der Waals surface area contributed by atoms with Crippen LogP contribution in [0.2, 0.25) is 0 Å². The molecule has 4 nitrogen and oxygen atoms in total. The Hall–Kier alpha value is -2.49. The van der Waals surface area contributed by atoms with Crippen molar-refractivity contribution in [1.29, 1.82) is 0 Å². The lowest BCUT2D eigenvalue weighted by molar-refractivity contribution is 0.0979. The Balaban J connectivity index is 1.80. The third-order valence-corrected chi connectivity index (χ3v) is 4.38. The fraction of sp³-hybridized carbons (Fsp3) is 0.435. The molecule has 0 radical (unpaired) electrons. The monoisotopic (exact) mass is 366 g/mol. The molecular weight excluding hydrogens is 336 g/mol. The zero-order chi connectivity index (χ0) is 19.3. The van der Waals surface area contributed by atoms with Crippen LogP contribution in [-0.2, 0) is 0 Å². The van der Waals surface area contributed by atoms with Gasteiger partial charge in [-0.25, -0.2) is 0 Å². The van der Waals surface area contributed by atoms with Gasteiger partial charge in [0, 0.05) is 12.0 Å². The molecule has 0 saturated heterocycles. The molecule has 0 spiro atoms. The smallest absolute Gasteiger partial charge is 0.162 e. The third kappa shape index (κ3) is 7.73. The molecule has 2 rings (SSSR count). The van der Waals surface area contributed by atoms with Gasteiger partial charge in [-0.3, -0.25) is 4.79 Å². The molecule has 0 aliphatic heterocycles. The van der Waals surface area contributed by atoms with Crippen LogP contribution in [0, 0.1) is 0 Å². The SMILES string of the molecule is CCCCCCCCC(=O)c1ccc(N=Nc2ccc(OCC)cc2)cc1. The number of carbonyl (C=O) groups is 1. The molecule has 0 N–H and O–H groups in total. The minimum absolute atomic E-state index is 0.209. The van der Waals surface area contributed by atoms with Crippen molar-refractivity contribution < 1.29 is 9.53 Å². The van der Waals surface area contributed by atoms with Gasteiger partial charge in [-0.2, -0.15) is 10.2 Å². The van der Waals surface area contributed by atoms with E-state index in [4.69, 9.17) is 4.74 Å². The Labute approximate surface area is 162 Å². The fourth-order valence-electron chi connectivity index (χ4n) is 2.82. The molecule has 0 aliphatic rings. The summed E-state index contributed by atoms with van der Waals surface area (Å²) in [4.78, 5) is 12.2. The van der Waals surface area contributed by atoms with Crippen LogP contribution in [0.15, 0.2) is 58.8 Å². The summed E-state index contributed by atoms with van der Waals surface area (Å²) >= 11 is 0. The van der Waals surface area contributed by atoms with Crippen LogP contribution in [0.1, 0.15) is 69.2 Å². The Morgan fingerprint density at radius 3 is 1.93 bits per heavy atom. The molecular formula is C23H30N2O2. The molecule has 4 heteroatoms. The lowest BCUT2D eigenvalue weighted by atomic mass is 10.0. The van der Waals surface area contributed by atoms with Gasteiger partial charge in [0.1, 0.15) is 5.75 Å². The van der Waals surface area contributed by atoms with Crippen molar-refractivity contribution in [2.24, 2.45) is 10.2 Å². The lowest BCUT2D eigenvalue weighted by Gasteiger charge is -2.03. The minimum Gasteiger partial charge on any atom is -0.494 e. The van der Waals surface area contributed by atoms with Crippen LogP contribution in [0.3, 0.4) is 0 Å². The van der Waals surface area contributed by atoms with E-state index in [0.717, 1.165) is 35.5 Å². The molecule has 0 saturated carbocycles. The predicted molar refractivity (Wildman–Crippen MR) is 111 cm³/mol. The topological polar surface area (TPSA) is 51.0 Å². The molecule has 0 atom stereocenters. The molecule has 0 aliphatic carbocycles. The van der Waals surface area contributed by atoms with E-state index in [-0.39, 0.29) is 5.78 Å². The third-order valence-electron chi connectivity index (χ3n) is 4.38. The van der Waals surface area contributed by atoms with Gasteiger partial charge >= 0.3 is 0 Å². The van der Waals surface area contributed by atoms with E-state index >= 15 is 0 Å². The van der Waals surface area contributed by atoms with E-state index < -0.39 is 0 Å². The van der Waals surface area contributed by atoms with Gasteiger partial charge in [-0.05, 0) is 61.9 Å². The van der Waals surface area contributed by atoms with Gasteiger partial charge in [0.2, 0.25) is 0 Å². The molecule has 2 aromatic carbocycles. The van der Waals surface area contributed by atoms with E-state index in [2.05, 4.69) is 17.2 Å². The van der Waals surface area contributed by atoms with E-state index in [1.54, 1.807) is 0 Å². The maximum absolute atomic E-state index is 12.2. The molecule has 0 bridgehead atoms. The van der Waals surface area contributed by atoms with Crippen molar-refractivity contribution >= 4 is 17.2 Å². The number of azo groups is 1. The molecule has 27 heavy (non-hydrogen) atoms. The van der Waals surface area contributed by atoms with Crippen molar-refractivity contribution in [2.45, 2.75) is 58.8 Å². The summed E-state index contributed by atoms with van der Waals surface area (Å²) in [6.45, 7) is 4.81. The second-order valence-electron chi connectivity index (χ2n) is 6.61. The largest absolute Gasteiger partial charge is 0.494 e. The number of rotatable bonds is 12. The van der Waals surface area contributed by atoms with E-state index in [1.807, 2.05) is 55.5 Å². The predicted octanol–water partition coefficient (Wildman–Crippen LogP) is 7.43. The van der Waals surface area contributed by atoms with Gasteiger partial charge < -0.3 is 4.74 Å². The van der Waals surface area contributed by atoms with Crippen molar-refractivity contribution in [1.82, 2.24) is 0 Å². The fourth-order valence-corrected chi connectivity index (χ4v) is 2.82. The maximum atomic E-state index is 12.2. The standard InChI is InChI=1S/C23H30N2O2/c1-3-5-6-7-8-9-10-23(26)19-11-13-20(14-12-19)24-25-21-15-17-22(18-16-21)27-4-2/h11-18H,3-10H2,1-2H3. The second-order valence-corrected chi connectivity index (χ2v) is 6.61. The second kappa shape index (κ2) is 12.0. The van der Waals surface area contributed by atoms with Crippen LogP contribution in [0.4, 0.5) is 11.4 Å². The first-order chi connectivity index (χ1) is 13.2. The van der Waals surface area contributed by atoms with Crippen molar-refractivity contribution in [3.63, 3.8) is 0 Å². The highest BCUT2D eigenvalue weighted by Gasteiger charge is 2.05. The molecule has 0 heterocycles. The van der Waals surface area contributed by atoms with Crippen molar-refractivity contribution in [3.05, 3.63) is 54.1 Å². The van der Waals surface area contributed by atoms with E-state index in [9.17, 15) is 4.79 Å². The number of nitrogens with zero attached hydrogens (tertiary/aromatic N) is 2. The summed E-state index contributed by atoms with van der Waals surface area (Å²) < 4.78 is 5.41. The number of benzene rings is 2. The van der Waals surface area contributed by atoms with Crippen molar-refractivity contribution in [2.75, 3.05) is 6.61 Å². The Morgan fingerprint density at radius 1 is 0.778 bits per heavy atom. The summed E-state index contributed by atoms with van der Waals surface area (Å²) in [6.07, 6.45) is 7.79. The molecule has 2 aromatic rings.